The van der Waals surface area contributed by atoms with Crippen molar-refractivity contribution in [1.82, 2.24) is 0 Å². The Bertz CT molecular complexity index is 221. The highest BCUT2D eigenvalue weighted by atomic mass is 16.4. The van der Waals surface area contributed by atoms with Gasteiger partial charge in [0, 0.05) is 0 Å². The number of rotatable bonds is 11. The molecule has 1 N–H and O–H groups in total. The van der Waals surface area contributed by atoms with Gasteiger partial charge in [0.1, 0.15) is 0 Å². The monoisotopic (exact) mass is 256 g/mol. The highest BCUT2D eigenvalue weighted by molar-refractivity contribution is 5.69. The van der Waals surface area contributed by atoms with Crippen LogP contribution < -0.4 is 0 Å². The van der Waals surface area contributed by atoms with Crippen molar-refractivity contribution < 1.29 is 9.90 Å². The number of carboxylic acid groups (broad SMARTS) is 1. The molecule has 2 nitrogen and oxygen atoms in total. The summed E-state index contributed by atoms with van der Waals surface area (Å²) in [5.41, 5.74) is 0.507. The topological polar surface area (TPSA) is 37.3 Å². The first kappa shape index (κ1) is 17.5. The third-order valence-electron chi connectivity index (χ3n) is 3.84. The summed E-state index contributed by atoms with van der Waals surface area (Å²) in [5.74, 6) is -0.829. The Morgan fingerprint density at radius 2 is 1.61 bits per heavy atom. The standard InChI is InChI=1S/C16H32O2/c1-5-12-16(3,4)13-10-8-6-7-9-11-14(2)15(17)18/h14H,5-13H2,1-4H3,(H,17,18). The maximum atomic E-state index is 10.6. The van der Waals surface area contributed by atoms with Crippen LogP contribution in [0.25, 0.3) is 0 Å². The molecule has 0 saturated heterocycles. The SMILES string of the molecule is CCCC(C)(C)CCCCCCCC(C)C(=O)O. The lowest BCUT2D eigenvalue weighted by Crippen LogP contribution is -2.10. The molecule has 0 fully saturated rings. The average Bonchev–Trinajstić information content (AvgIpc) is 2.27. The number of hydrogen-bond donors (Lipinski definition) is 1. The van der Waals surface area contributed by atoms with Crippen molar-refractivity contribution in [2.24, 2.45) is 11.3 Å². The van der Waals surface area contributed by atoms with Gasteiger partial charge in [-0.2, -0.15) is 0 Å². The van der Waals surface area contributed by atoms with E-state index in [4.69, 9.17) is 5.11 Å². The predicted molar refractivity (Wildman–Crippen MR) is 77.8 cm³/mol. The highest BCUT2D eigenvalue weighted by Crippen LogP contribution is 2.29. The first-order valence-electron chi connectivity index (χ1n) is 7.62. The smallest absolute Gasteiger partial charge is 0.306 e. The minimum Gasteiger partial charge on any atom is -0.481 e. The fraction of sp³-hybridized carbons (Fsp3) is 0.938. The highest BCUT2D eigenvalue weighted by Gasteiger charge is 2.15. The van der Waals surface area contributed by atoms with Crippen LogP contribution in [-0.2, 0) is 4.79 Å². The van der Waals surface area contributed by atoms with Crippen LogP contribution in [0.3, 0.4) is 0 Å². The zero-order chi connectivity index (χ0) is 14.0. The second-order valence-electron chi connectivity index (χ2n) is 6.46. The van der Waals surface area contributed by atoms with Crippen molar-refractivity contribution in [3.8, 4) is 0 Å². The minimum absolute atomic E-state index is 0.173. The number of carboxylic acids is 1. The quantitative estimate of drug-likeness (QED) is 0.512. The van der Waals surface area contributed by atoms with Gasteiger partial charge in [0.2, 0.25) is 0 Å². The van der Waals surface area contributed by atoms with Crippen LogP contribution in [0.5, 0.6) is 0 Å². The molecule has 0 aromatic carbocycles. The Morgan fingerprint density at radius 1 is 1.06 bits per heavy atom. The van der Waals surface area contributed by atoms with E-state index in [9.17, 15) is 4.79 Å². The summed E-state index contributed by atoms with van der Waals surface area (Å²) in [5, 5.41) is 8.76. The van der Waals surface area contributed by atoms with Gasteiger partial charge >= 0.3 is 5.97 Å². The maximum Gasteiger partial charge on any atom is 0.306 e. The van der Waals surface area contributed by atoms with E-state index < -0.39 is 5.97 Å². The van der Waals surface area contributed by atoms with E-state index in [1.54, 1.807) is 6.92 Å². The summed E-state index contributed by atoms with van der Waals surface area (Å²) in [7, 11) is 0. The molecule has 108 valence electrons. The molecule has 1 unspecified atom stereocenters. The van der Waals surface area contributed by atoms with Gasteiger partial charge in [0.15, 0.2) is 0 Å². The van der Waals surface area contributed by atoms with Gasteiger partial charge in [-0.3, -0.25) is 4.79 Å². The Hall–Kier alpha value is -0.530. The molecule has 0 heterocycles. The molecule has 0 aliphatic rings. The molecule has 0 rings (SSSR count). The third kappa shape index (κ3) is 9.49. The molecule has 0 aliphatic heterocycles. The van der Waals surface area contributed by atoms with Crippen molar-refractivity contribution in [3.63, 3.8) is 0 Å². The van der Waals surface area contributed by atoms with Crippen LogP contribution in [0.2, 0.25) is 0 Å². The first-order valence-corrected chi connectivity index (χ1v) is 7.62. The number of hydrogen-bond acceptors (Lipinski definition) is 1. The van der Waals surface area contributed by atoms with E-state index in [0.29, 0.717) is 5.41 Å². The van der Waals surface area contributed by atoms with Gasteiger partial charge in [0.25, 0.3) is 0 Å². The summed E-state index contributed by atoms with van der Waals surface area (Å²) in [4.78, 5) is 10.6. The normalized spacial score (nSPS) is 13.6. The molecule has 0 saturated carbocycles. The molecule has 0 aromatic rings. The van der Waals surface area contributed by atoms with E-state index in [2.05, 4.69) is 20.8 Å². The van der Waals surface area contributed by atoms with Crippen molar-refractivity contribution in [2.75, 3.05) is 0 Å². The van der Waals surface area contributed by atoms with E-state index in [-0.39, 0.29) is 5.92 Å². The molecule has 0 bridgehead atoms. The lowest BCUT2D eigenvalue weighted by molar-refractivity contribution is -0.141. The molecule has 1 atom stereocenters. The van der Waals surface area contributed by atoms with Crippen LogP contribution >= 0.6 is 0 Å². The average molecular weight is 256 g/mol. The summed E-state index contributed by atoms with van der Waals surface area (Å²) in [6, 6.07) is 0. The molecule has 0 aromatic heterocycles. The van der Waals surface area contributed by atoms with Crippen LogP contribution in [0.1, 0.15) is 85.5 Å². The van der Waals surface area contributed by atoms with Gasteiger partial charge < -0.3 is 5.11 Å². The fourth-order valence-corrected chi connectivity index (χ4v) is 2.51. The lowest BCUT2D eigenvalue weighted by atomic mass is 9.83. The van der Waals surface area contributed by atoms with Gasteiger partial charge in [-0.05, 0) is 24.7 Å². The van der Waals surface area contributed by atoms with Crippen LogP contribution in [0.15, 0.2) is 0 Å². The number of unbranched alkanes of at least 4 members (excludes halogenated alkanes) is 4. The molecular formula is C16H32O2. The van der Waals surface area contributed by atoms with Crippen LogP contribution in [0.4, 0.5) is 0 Å². The fourth-order valence-electron chi connectivity index (χ4n) is 2.51. The Labute approximate surface area is 113 Å². The number of carbonyl (C=O) groups is 1. The Morgan fingerprint density at radius 3 is 2.17 bits per heavy atom. The van der Waals surface area contributed by atoms with Crippen LogP contribution in [0, 0.1) is 11.3 Å². The van der Waals surface area contributed by atoms with Crippen LogP contribution in [-0.4, -0.2) is 11.1 Å². The molecule has 0 radical (unpaired) electrons. The second-order valence-corrected chi connectivity index (χ2v) is 6.46. The summed E-state index contributed by atoms with van der Waals surface area (Å²) < 4.78 is 0. The summed E-state index contributed by atoms with van der Waals surface area (Å²) >= 11 is 0. The zero-order valence-electron chi connectivity index (χ0n) is 12.8. The Kier molecular flexibility index (Phi) is 9.13. The molecule has 2 heteroatoms. The van der Waals surface area contributed by atoms with Gasteiger partial charge in [-0.1, -0.05) is 66.2 Å². The summed E-state index contributed by atoms with van der Waals surface area (Å²) in [6.45, 7) is 8.79. The first-order chi connectivity index (χ1) is 8.39. The van der Waals surface area contributed by atoms with Gasteiger partial charge in [-0.25, -0.2) is 0 Å². The molecule has 18 heavy (non-hydrogen) atoms. The van der Waals surface area contributed by atoms with Crippen molar-refractivity contribution >= 4 is 5.97 Å². The van der Waals surface area contributed by atoms with Gasteiger partial charge in [0.05, 0.1) is 5.92 Å². The largest absolute Gasteiger partial charge is 0.481 e. The van der Waals surface area contributed by atoms with Crippen molar-refractivity contribution in [3.05, 3.63) is 0 Å². The summed E-state index contributed by atoms with van der Waals surface area (Å²) in [6.07, 6.45) is 10.9. The number of aliphatic carboxylic acids is 1. The molecule has 0 amide bonds. The van der Waals surface area contributed by atoms with Crippen molar-refractivity contribution in [1.29, 1.82) is 0 Å². The minimum atomic E-state index is -0.656. The Balaban J connectivity index is 3.39. The molecular weight excluding hydrogens is 224 g/mol. The third-order valence-corrected chi connectivity index (χ3v) is 3.84. The van der Waals surface area contributed by atoms with E-state index in [1.165, 1.54) is 44.9 Å². The second kappa shape index (κ2) is 9.41. The maximum absolute atomic E-state index is 10.6. The van der Waals surface area contributed by atoms with E-state index in [1.807, 2.05) is 0 Å². The van der Waals surface area contributed by atoms with E-state index in [0.717, 1.165) is 12.8 Å². The molecule has 0 aliphatic carbocycles. The van der Waals surface area contributed by atoms with E-state index >= 15 is 0 Å². The molecule has 0 spiro atoms. The lowest BCUT2D eigenvalue weighted by Gasteiger charge is -2.23. The van der Waals surface area contributed by atoms with Crippen molar-refractivity contribution in [2.45, 2.75) is 85.5 Å². The zero-order valence-corrected chi connectivity index (χ0v) is 12.8. The van der Waals surface area contributed by atoms with Gasteiger partial charge in [-0.15, -0.1) is 0 Å². The predicted octanol–water partition coefficient (Wildman–Crippen LogP) is 5.26.